The number of rotatable bonds is 7. The van der Waals surface area contributed by atoms with E-state index in [0.717, 1.165) is 41.4 Å². The van der Waals surface area contributed by atoms with Gasteiger partial charge in [0.25, 0.3) is 11.8 Å². The maximum absolute atomic E-state index is 14.0. The van der Waals surface area contributed by atoms with E-state index in [4.69, 9.17) is 0 Å². The molecule has 0 spiro atoms. The molecule has 36 heavy (non-hydrogen) atoms. The van der Waals surface area contributed by atoms with Crippen molar-refractivity contribution in [2.75, 3.05) is 11.4 Å². The summed E-state index contributed by atoms with van der Waals surface area (Å²) in [4.78, 5) is 47.2. The van der Waals surface area contributed by atoms with Crippen molar-refractivity contribution >= 4 is 34.4 Å². The third-order valence-electron chi connectivity index (χ3n) is 7.65. The second kappa shape index (κ2) is 9.12. The molecule has 0 radical (unpaired) electrons. The van der Waals surface area contributed by atoms with E-state index in [1.165, 1.54) is 4.90 Å². The summed E-state index contributed by atoms with van der Waals surface area (Å²) < 4.78 is 0. The van der Waals surface area contributed by atoms with Gasteiger partial charge in [-0.25, -0.2) is 9.69 Å². The quantitative estimate of drug-likeness (QED) is 0.441. The molecule has 5 rings (SSSR count). The van der Waals surface area contributed by atoms with Gasteiger partial charge in [-0.15, -0.1) is 0 Å². The van der Waals surface area contributed by atoms with E-state index < -0.39 is 11.6 Å². The molecule has 1 aromatic heterocycles. The van der Waals surface area contributed by atoms with Crippen LogP contribution in [0.5, 0.6) is 0 Å². The number of nitrogens with zero attached hydrogens (tertiary/aromatic N) is 2. The number of H-pyrrole nitrogens is 1. The van der Waals surface area contributed by atoms with Crippen molar-refractivity contribution < 1.29 is 14.4 Å². The van der Waals surface area contributed by atoms with E-state index in [0.29, 0.717) is 30.1 Å². The Bertz CT molecular complexity index is 1340. The van der Waals surface area contributed by atoms with E-state index in [9.17, 15) is 14.4 Å². The number of anilines is 1. The number of aromatic nitrogens is 1. The molecule has 2 aromatic carbocycles. The number of imide groups is 1. The zero-order chi connectivity index (χ0) is 25.6. The molecule has 2 unspecified atom stereocenters. The van der Waals surface area contributed by atoms with Crippen LogP contribution in [0.15, 0.2) is 48.5 Å². The first kappa shape index (κ1) is 24.1. The van der Waals surface area contributed by atoms with Crippen LogP contribution in [-0.2, 0) is 16.8 Å². The SMILES string of the molecule is CC(C)CCCC(C)NC(=O)c1ccccc1N1C(=O)N2CCc3c([nH]c4ccccc34)C2(C)C1=O. The van der Waals surface area contributed by atoms with Crippen molar-refractivity contribution in [1.82, 2.24) is 15.2 Å². The minimum absolute atomic E-state index is 0.00737. The molecule has 2 aliphatic heterocycles. The Hall–Kier alpha value is -3.61. The van der Waals surface area contributed by atoms with Gasteiger partial charge in [-0.1, -0.05) is 57.0 Å². The largest absolute Gasteiger partial charge is 0.356 e. The highest BCUT2D eigenvalue weighted by Gasteiger charge is 2.59. The third kappa shape index (κ3) is 3.77. The van der Waals surface area contributed by atoms with Gasteiger partial charge in [0.15, 0.2) is 5.54 Å². The van der Waals surface area contributed by atoms with Crippen LogP contribution in [0.4, 0.5) is 10.5 Å². The van der Waals surface area contributed by atoms with Crippen LogP contribution in [0, 0.1) is 5.92 Å². The van der Waals surface area contributed by atoms with Gasteiger partial charge in [-0.05, 0) is 56.4 Å². The first-order valence-corrected chi connectivity index (χ1v) is 12.9. The molecule has 2 N–H and O–H groups in total. The molecule has 1 fully saturated rings. The Kier molecular flexibility index (Phi) is 6.10. The van der Waals surface area contributed by atoms with Crippen molar-refractivity contribution in [3.8, 4) is 0 Å². The Morgan fingerprint density at radius 1 is 1.06 bits per heavy atom. The molecule has 7 nitrogen and oxygen atoms in total. The molecule has 0 bridgehead atoms. The van der Waals surface area contributed by atoms with Crippen molar-refractivity contribution in [3.05, 3.63) is 65.4 Å². The lowest BCUT2D eigenvalue weighted by Gasteiger charge is -2.35. The topological polar surface area (TPSA) is 85.5 Å². The van der Waals surface area contributed by atoms with Crippen LogP contribution in [0.3, 0.4) is 0 Å². The molecule has 1 saturated heterocycles. The fraction of sp³-hybridized carbons (Fsp3) is 0.414. The fourth-order valence-electron chi connectivity index (χ4n) is 5.67. The van der Waals surface area contributed by atoms with E-state index in [1.807, 2.05) is 31.2 Å². The summed E-state index contributed by atoms with van der Waals surface area (Å²) >= 11 is 0. The van der Waals surface area contributed by atoms with E-state index in [2.05, 4.69) is 24.1 Å². The standard InChI is InChI=1S/C29H34N4O3/c1-18(2)10-9-11-19(3)30-26(34)22-13-6-8-15-24(22)33-27(35)29(4)25-21(16-17-32(29)28(33)36)20-12-5-7-14-23(20)31-25/h5-8,12-15,18-19,31H,9-11,16-17H2,1-4H3,(H,30,34). The summed E-state index contributed by atoms with van der Waals surface area (Å²) in [6.07, 6.45) is 3.68. The first-order chi connectivity index (χ1) is 17.2. The molecule has 0 saturated carbocycles. The number of benzene rings is 2. The zero-order valence-electron chi connectivity index (χ0n) is 21.4. The Labute approximate surface area is 211 Å². The van der Waals surface area contributed by atoms with Crippen molar-refractivity contribution in [2.24, 2.45) is 5.92 Å². The predicted molar refractivity (Wildman–Crippen MR) is 141 cm³/mol. The van der Waals surface area contributed by atoms with Crippen molar-refractivity contribution in [2.45, 2.75) is 65.0 Å². The van der Waals surface area contributed by atoms with E-state index in [1.54, 1.807) is 36.1 Å². The number of carbonyl (C=O) groups excluding carboxylic acids is 3. The highest BCUT2D eigenvalue weighted by Crippen LogP contribution is 2.45. The normalized spacial score (nSPS) is 20.1. The molecule has 0 aliphatic carbocycles. The van der Waals surface area contributed by atoms with Crippen LogP contribution in [-0.4, -0.2) is 40.3 Å². The smallest absolute Gasteiger partial charge is 0.332 e. The summed E-state index contributed by atoms with van der Waals surface area (Å²) in [7, 11) is 0. The molecule has 3 aromatic rings. The van der Waals surface area contributed by atoms with Crippen LogP contribution < -0.4 is 10.2 Å². The molecular formula is C29H34N4O3. The van der Waals surface area contributed by atoms with E-state index in [-0.39, 0.29) is 17.9 Å². The molecular weight excluding hydrogens is 452 g/mol. The number of aromatic amines is 1. The fourth-order valence-corrected chi connectivity index (χ4v) is 5.67. The molecule has 2 aliphatic rings. The van der Waals surface area contributed by atoms with Gasteiger partial charge in [0.2, 0.25) is 0 Å². The minimum Gasteiger partial charge on any atom is -0.356 e. The first-order valence-electron chi connectivity index (χ1n) is 12.9. The molecule has 4 amide bonds. The third-order valence-corrected chi connectivity index (χ3v) is 7.65. The highest BCUT2D eigenvalue weighted by atomic mass is 16.2. The monoisotopic (exact) mass is 486 g/mol. The number of amides is 4. The predicted octanol–water partition coefficient (Wildman–Crippen LogP) is 5.35. The second-order valence-electron chi connectivity index (χ2n) is 10.6. The van der Waals surface area contributed by atoms with Gasteiger partial charge in [-0.3, -0.25) is 9.59 Å². The van der Waals surface area contributed by atoms with Gasteiger partial charge in [0.05, 0.1) is 16.9 Å². The van der Waals surface area contributed by atoms with Crippen molar-refractivity contribution in [1.29, 1.82) is 0 Å². The number of carbonyl (C=O) groups is 3. The van der Waals surface area contributed by atoms with Gasteiger partial charge in [0.1, 0.15) is 0 Å². The maximum atomic E-state index is 14.0. The lowest BCUT2D eigenvalue weighted by Crippen LogP contribution is -2.49. The summed E-state index contributed by atoms with van der Waals surface area (Å²) in [6.45, 7) is 8.62. The number of para-hydroxylation sites is 2. The lowest BCUT2D eigenvalue weighted by atomic mass is 9.87. The van der Waals surface area contributed by atoms with Gasteiger partial charge < -0.3 is 15.2 Å². The van der Waals surface area contributed by atoms with Gasteiger partial charge in [0, 0.05) is 23.5 Å². The molecule has 3 heterocycles. The minimum atomic E-state index is -1.16. The Morgan fingerprint density at radius 3 is 2.56 bits per heavy atom. The average molecular weight is 487 g/mol. The number of fused-ring (bicyclic) bond motifs is 5. The summed E-state index contributed by atoms with van der Waals surface area (Å²) in [5, 5.41) is 4.14. The zero-order valence-corrected chi connectivity index (χ0v) is 21.4. The van der Waals surface area contributed by atoms with Crippen LogP contribution in [0.25, 0.3) is 10.9 Å². The maximum Gasteiger partial charge on any atom is 0.332 e. The summed E-state index contributed by atoms with van der Waals surface area (Å²) in [5.74, 6) is 0.00769. The summed E-state index contributed by atoms with van der Waals surface area (Å²) in [5.41, 5.74) is 2.29. The average Bonchev–Trinajstić information content (AvgIpc) is 3.32. The number of hydrogen-bond donors (Lipinski definition) is 2. The highest BCUT2D eigenvalue weighted by molar-refractivity contribution is 6.25. The van der Waals surface area contributed by atoms with Gasteiger partial charge in [-0.2, -0.15) is 0 Å². The molecule has 2 atom stereocenters. The van der Waals surface area contributed by atoms with Crippen LogP contribution >= 0.6 is 0 Å². The van der Waals surface area contributed by atoms with Crippen LogP contribution in [0.1, 0.15) is 68.6 Å². The Morgan fingerprint density at radius 2 is 1.78 bits per heavy atom. The number of nitrogens with one attached hydrogen (secondary N) is 2. The number of hydrogen-bond acceptors (Lipinski definition) is 3. The summed E-state index contributed by atoms with van der Waals surface area (Å²) in [6, 6.07) is 14.5. The Balaban J connectivity index is 1.46. The van der Waals surface area contributed by atoms with Gasteiger partial charge >= 0.3 is 6.03 Å². The van der Waals surface area contributed by atoms with Crippen molar-refractivity contribution in [3.63, 3.8) is 0 Å². The number of urea groups is 1. The van der Waals surface area contributed by atoms with Crippen LogP contribution in [0.2, 0.25) is 0 Å². The lowest BCUT2D eigenvalue weighted by molar-refractivity contribution is -0.125. The second-order valence-corrected chi connectivity index (χ2v) is 10.6. The molecule has 188 valence electrons. The molecule has 7 heteroatoms. The van der Waals surface area contributed by atoms with E-state index >= 15 is 0 Å².